The molecule has 7 heteroatoms. The minimum Gasteiger partial charge on any atom is -0.267 e. The van der Waals surface area contributed by atoms with Gasteiger partial charge >= 0.3 is 0 Å². The Morgan fingerprint density at radius 3 is 2.50 bits per heavy atom. The number of hydrogen-bond acceptors (Lipinski definition) is 3. The Labute approximate surface area is 119 Å². The maximum atomic E-state index is 13.1. The predicted molar refractivity (Wildman–Crippen MR) is 71.7 cm³/mol. The summed E-state index contributed by atoms with van der Waals surface area (Å²) in [5, 5.41) is 4.23. The molecule has 0 aromatic carbocycles. The van der Waals surface area contributed by atoms with Crippen molar-refractivity contribution in [3.8, 4) is 5.82 Å². The van der Waals surface area contributed by atoms with Gasteiger partial charge in [0.05, 0.1) is 16.9 Å². The highest BCUT2D eigenvalue weighted by Gasteiger charge is 2.26. The van der Waals surface area contributed by atoms with Gasteiger partial charge in [0.15, 0.2) is 5.82 Å². The van der Waals surface area contributed by atoms with E-state index < -0.39 is 17.0 Å². The molecule has 0 saturated heterocycles. The van der Waals surface area contributed by atoms with E-state index in [0.29, 0.717) is 23.2 Å². The van der Waals surface area contributed by atoms with E-state index in [4.69, 9.17) is 11.6 Å². The largest absolute Gasteiger partial charge is 0.273 e. The lowest BCUT2D eigenvalue weighted by Crippen LogP contribution is -2.25. The molecule has 2 heterocycles. The van der Waals surface area contributed by atoms with Gasteiger partial charge in [0.1, 0.15) is 0 Å². The summed E-state index contributed by atoms with van der Waals surface area (Å²) in [5.74, 6) is -2.83. The molecule has 0 aliphatic carbocycles. The van der Waals surface area contributed by atoms with Crippen molar-refractivity contribution in [2.75, 3.05) is 0 Å². The molecule has 2 aromatic heterocycles. The number of hydrogen-bond donors (Lipinski definition) is 0. The number of halogens is 3. The van der Waals surface area contributed by atoms with Crippen LogP contribution in [0.4, 0.5) is 8.78 Å². The Morgan fingerprint density at radius 1 is 1.30 bits per heavy atom. The lowest BCUT2D eigenvalue weighted by Gasteiger charge is -2.12. The van der Waals surface area contributed by atoms with Gasteiger partial charge in [-0.3, -0.25) is 4.79 Å². The van der Waals surface area contributed by atoms with E-state index >= 15 is 0 Å². The maximum Gasteiger partial charge on any atom is 0.273 e. The molecule has 0 aliphatic heterocycles. The van der Waals surface area contributed by atoms with Crippen molar-refractivity contribution in [3.63, 3.8) is 0 Å². The van der Waals surface area contributed by atoms with Gasteiger partial charge in [-0.15, -0.1) is 0 Å². The third-order valence-corrected chi connectivity index (χ3v) is 3.21. The Kier molecular flexibility index (Phi) is 3.60. The zero-order valence-corrected chi connectivity index (χ0v) is 11.9. The van der Waals surface area contributed by atoms with Crippen LogP contribution in [0.2, 0.25) is 5.02 Å². The van der Waals surface area contributed by atoms with Crippen LogP contribution in [0.5, 0.6) is 0 Å². The molecule has 0 fully saturated rings. The van der Waals surface area contributed by atoms with Gasteiger partial charge in [0, 0.05) is 18.6 Å². The summed E-state index contributed by atoms with van der Waals surface area (Å²) >= 11 is 5.93. The zero-order valence-electron chi connectivity index (χ0n) is 11.1. The van der Waals surface area contributed by atoms with Gasteiger partial charge in [-0.2, -0.15) is 9.78 Å². The van der Waals surface area contributed by atoms with E-state index in [2.05, 4.69) is 10.1 Å². The molecular weight excluding hydrogens is 288 g/mol. The second-order valence-corrected chi connectivity index (χ2v) is 4.99. The first kappa shape index (κ1) is 14.6. The summed E-state index contributed by atoms with van der Waals surface area (Å²) in [6.45, 7) is 4.11. The number of aryl methyl sites for hydroxylation is 2. The molecule has 106 valence electrons. The number of alkyl halides is 2. The average Bonchev–Trinajstić information content (AvgIpc) is 2.33. The highest BCUT2D eigenvalue weighted by molar-refractivity contribution is 6.31. The van der Waals surface area contributed by atoms with Gasteiger partial charge in [-0.25, -0.2) is 13.8 Å². The fourth-order valence-corrected chi connectivity index (χ4v) is 1.89. The molecule has 0 amide bonds. The molecule has 2 rings (SSSR count). The third-order valence-electron chi connectivity index (χ3n) is 2.82. The Morgan fingerprint density at radius 2 is 1.95 bits per heavy atom. The normalized spacial score (nSPS) is 11.7. The van der Waals surface area contributed by atoms with E-state index in [1.165, 1.54) is 0 Å². The summed E-state index contributed by atoms with van der Waals surface area (Å²) in [6.07, 6.45) is 0.965. The molecule has 0 bridgehead atoms. The second kappa shape index (κ2) is 4.94. The molecular formula is C13H12ClF2N3O. The lowest BCUT2D eigenvalue weighted by molar-refractivity contribution is 0.0167. The highest BCUT2D eigenvalue weighted by atomic mass is 35.5. The van der Waals surface area contributed by atoms with Crippen LogP contribution in [0, 0.1) is 13.8 Å². The van der Waals surface area contributed by atoms with E-state index in [-0.39, 0.29) is 5.82 Å². The summed E-state index contributed by atoms with van der Waals surface area (Å²) in [7, 11) is 0. The molecule has 0 spiro atoms. The first-order valence-electron chi connectivity index (χ1n) is 5.82. The van der Waals surface area contributed by atoms with Crippen LogP contribution in [-0.2, 0) is 5.92 Å². The minimum absolute atomic E-state index is 0.280. The molecule has 2 aromatic rings. The monoisotopic (exact) mass is 299 g/mol. The molecule has 4 nitrogen and oxygen atoms in total. The predicted octanol–water partition coefficient (Wildman–Crippen LogP) is 3.01. The van der Waals surface area contributed by atoms with Crippen molar-refractivity contribution in [1.29, 1.82) is 0 Å². The summed E-state index contributed by atoms with van der Waals surface area (Å²) in [6, 6.07) is 2.51. The van der Waals surface area contributed by atoms with Crippen LogP contribution in [0.3, 0.4) is 0 Å². The minimum atomic E-state index is -3.11. The van der Waals surface area contributed by atoms with E-state index in [1.807, 2.05) is 0 Å². The van der Waals surface area contributed by atoms with Crippen LogP contribution in [-0.4, -0.2) is 14.8 Å². The van der Waals surface area contributed by atoms with Gasteiger partial charge in [-0.1, -0.05) is 11.6 Å². The Balaban J connectivity index is 2.61. The maximum absolute atomic E-state index is 13.1. The number of rotatable bonds is 2. The fourth-order valence-electron chi connectivity index (χ4n) is 1.68. The van der Waals surface area contributed by atoms with Gasteiger partial charge in [0.2, 0.25) is 0 Å². The van der Waals surface area contributed by atoms with Crippen LogP contribution in [0.15, 0.2) is 23.1 Å². The quantitative estimate of drug-likeness (QED) is 0.856. The van der Waals surface area contributed by atoms with E-state index in [0.717, 1.165) is 16.9 Å². The fraction of sp³-hybridized carbons (Fsp3) is 0.308. The van der Waals surface area contributed by atoms with Gasteiger partial charge < -0.3 is 0 Å². The molecule has 0 aliphatic rings. The van der Waals surface area contributed by atoms with Crippen LogP contribution in [0.25, 0.3) is 5.82 Å². The molecule has 0 saturated carbocycles. The van der Waals surface area contributed by atoms with Crippen molar-refractivity contribution in [2.24, 2.45) is 0 Å². The average molecular weight is 300 g/mol. The SMILES string of the molecule is Cc1cc(Cl)c(C)nc1-n1ncc(C(C)(F)F)cc1=O. The number of nitrogens with zero attached hydrogens (tertiary/aromatic N) is 3. The summed E-state index contributed by atoms with van der Waals surface area (Å²) in [4.78, 5) is 16.1. The standard InChI is InChI=1S/C13H12ClF2N3O/c1-7-4-10(14)8(2)18-12(7)19-11(20)5-9(6-17-19)13(3,15)16/h4-6H,1-3H3. The van der Waals surface area contributed by atoms with E-state index in [9.17, 15) is 13.6 Å². The first-order valence-corrected chi connectivity index (χ1v) is 6.20. The molecule has 0 atom stereocenters. The van der Waals surface area contributed by atoms with Crippen LogP contribution < -0.4 is 5.56 Å². The van der Waals surface area contributed by atoms with Crippen molar-refractivity contribution >= 4 is 11.6 Å². The van der Waals surface area contributed by atoms with Crippen molar-refractivity contribution in [3.05, 3.63) is 50.5 Å². The van der Waals surface area contributed by atoms with Gasteiger partial charge in [0.25, 0.3) is 11.5 Å². The van der Waals surface area contributed by atoms with E-state index in [1.54, 1.807) is 19.9 Å². The summed E-state index contributed by atoms with van der Waals surface area (Å²) in [5.41, 5.74) is 0.0699. The molecule has 20 heavy (non-hydrogen) atoms. The third kappa shape index (κ3) is 2.70. The van der Waals surface area contributed by atoms with Crippen molar-refractivity contribution in [2.45, 2.75) is 26.7 Å². The van der Waals surface area contributed by atoms with Crippen LogP contribution in [0.1, 0.15) is 23.7 Å². The number of aromatic nitrogens is 3. The molecule has 0 unspecified atom stereocenters. The van der Waals surface area contributed by atoms with Crippen molar-refractivity contribution in [1.82, 2.24) is 14.8 Å². The Bertz CT molecular complexity index is 723. The summed E-state index contributed by atoms with van der Waals surface area (Å²) < 4.78 is 27.3. The zero-order chi connectivity index (χ0) is 15.1. The highest BCUT2D eigenvalue weighted by Crippen LogP contribution is 2.25. The van der Waals surface area contributed by atoms with Crippen molar-refractivity contribution < 1.29 is 8.78 Å². The molecule has 0 radical (unpaired) electrons. The number of pyridine rings is 1. The van der Waals surface area contributed by atoms with Gasteiger partial charge in [-0.05, 0) is 25.5 Å². The topological polar surface area (TPSA) is 47.8 Å². The molecule has 0 N–H and O–H groups in total. The lowest BCUT2D eigenvalue weighted by atomic mass is 10.2. The second-order valence-electron chi connectivity index (χ2n) is 4.58. The first-order chi connectivity index (χ1) is 9.20. The smallest absolute Gasteiger partial charge is 0.267 e. The Hall–Kier alpha value is -1.82. The van der Waals surface area contributed by atoms with Crippen LogP contribution >= 0.6 is 11.6 Å².